The second-order valence-electron chi connectivity index (χ2n) is 5.94. The van der Waals surface area contributed by atoms with Gasteiger partial charge in [-0.15, -0.1) is 0 Å². The lowest BCUT2D eigenvalue weighted by Gasteiger charge is -2.11. The molecule has 0 aliphatic rings. The summed E-state index contributed by atoms with van der Waals surface area (Å²) in [6, 6.07) is 9.57. The molecule has 3 rings (SSSR count). The average Bonchev–Trinajstić information content (AvgIpc) is 2.99. The van der Waals surface area contributed by atoms with E-state index in [9.17, 15) is 17.6 Å². The summed E-state index contributed by atoms with van der Waals surface area (Å²) in [6.07, 6.45) is -0.240. The van der Waals surface area contributed by atoms with Crippen LogP contribution in [0.4, 0.5) is 10.1 Å². The van der Waals surface area contributed by atoms with Crippen LogP contribution in [-0.4, -0.2) is 24.1 Å². The van der Waals surface area contributed by atoms with Crippen LogP contribution in [-0.2, 0) is 21.2 Å². The highest BCUT2D eigenvalue weighted by atomic mass is 35.5. The first-order chi connectivity index (χ1) is 12.7. The molecule has 1 heterocycles. The van der Waals surface area contributed by atoms with Crippen molar-refractivity contribution in [2.75, 3.05) is 5.32 Å². The fourth-order valence-electron chi connectivity index (χ4n) is 2.73. The lowest BCUT2D eigenvalue weighted by Crippen LogP contribution is -2.17. The van der Waals surface area contributed by atoms with E-state index in [4.69, 9.17) is 16.7 Å². The number of hydrogen-bond donors (Lipinski definition) is 2. The molecule has 1 amide bonds. The van der Waals surface area contributed by atoms with E-state index in [1.165, 1.54) is 25.3 Å². The summed E-state index contributed by atoms with van der Waals surface area (Å²) in [5.74, 6) is -0.394. The van der Waals surface area contributed by atoms with Gasteiger partial charge >= 0.3 is 0 Å². The summed E-state index contributed by atoms with van der Waals surface area (Å²) in [5.41, 5.74) is 0.870. The number of carbonyl (C=O) groups excluding carboxylic acids is 1. The number of fused-ring (bicyclic) bond motifs is 1. The van der Waals surface area contributed by atoms with Crippen molar-refractivity contribution in [2.45, 2.75) is 24.5 Å². The van der Waals surface area contributed by atoms with Gasteiger partial charge in [-0.3, -0.25) is 4.79 Å². The standard InChI is InChI=1S/C17H16ClFN4O3S/c1-10(19)23-17-12(9-21-23)6-13(8-15(17)27(20,25)26)22-16(24)7-11-4-2-3-5-14(11)18/h2-6,8-10H,7H2,1H3,(H,22,24)(H2,20,25,26). The van der Waals surface area contributed by atoms with Crippen molar-refractivity contribution in [2.24, 2.45) is 5.14 Å². The van der Waals surface area contributed by atoms with Crippen LogP contribution in [0.3, 0.4) is 0 Å². The third kappa shape index (κ3) is 4.10. The van der Waals surface area contributed by atoms with Crippen molar-refractivity contribution >= 4 is 44.1 Å². The number of hydrogen-bond acceptors (Lipinski definition) is 4. The number of sulfonamides is 1. The van der Waals surface area contributed by atoms with Crippen LogP contribution in [0.5, 0.6) is 0 Å². The molecule has 1 unspecified atom stereocenters. The van der Waals surface area contributed by atoms with E-state index in [0.717, 1.165) is 4.68 Å². The van der Waals surface area contributed by atoms with Crippen molar-refractivity contribution in [1.82, 2.24) is 9.78 Å². The van der Waals surface area contributed by atoms with Gasteiger partial charge in [0.05, 0.1) is 18.1 Å². The molecule has 0 spiro atoms. The van der Waals surface area contributed by atoms with Gasteiger partial charge in [-0.2, -0.15) is 5.10 Å². The van der Waals surface area contributed by atoms with Crippen molar-refractivity contribution in [3.63, 3.8) is 0 Å². The predicted molar refractivity (Wildman–Crippen MR) is 101 cm³/mol. The van der Waals surface area contributed by atoms with Gasteiger partial charge in [-0.05, 0) is 30.7 Å². The van der Waals surface area contributed by atoms with E-state index in [-0.39, 0.29) is 22.5 Å². The number of primary sulfonamides is 1. The number of carbonyl (C=O) groups is 1. The number of halogens is 2. The molecule has 0 fully saturated rings. The second-order valence-corrected chi connectivity index (χ2v) is 7.87. The first-order valence-corrected chi connectivity index (χ1v) is 9.80. The molecule has 142 valence electrons. The molecule has 0 radical (unpaired) electrons. The number of alkyl halides is 1. The SMILES string of the molecule is CC(F)n1ncc2cc(NC(=O)Cc3ccccc3Cl)cc(S(N)(=O)=O)c21. The van der Waals surface area contributed by atoms with Crippen molar-refractivity contribution in [1.29, 1.82) is 0 Å². The highest BCUT2D eigenvalue weighted by molar-refractivity contribution is 7.89. The Kier molecular flexibility index (Phi) is 5.18. The number of nitrogens with one attached hydrogen (secondary N) is 1. The lowest BCUT2D eigenvalue weighted by atomic mass is 10.1. The number of amides is 1. The van der Waals surface area contributed by atoms with Crippen LogP contribution in [0.15, 0.2) is 47.5 Å². The zero-order chi connectivity index (χ0) is 19.8. The Bertz CT molecular complexity index is 1130. The molecule has 0 saturated heterocycles. The Morgan fingerprint density at radius 2 is 2.07 bits per heavy atom. The molecular formula is C17H16ClFN4O3S. The Labute approximate surface area is 160 Å². The van der Waals surface area contributed by atoms with Gasteiger partial charge < -0.3 is 5.32 Å². The maximum absolute atomic E-state index is 13.7. The van der Waals surface area contributed by atoms with Gasteiger partial charge in [0.15, 0.2) is 6.30 Å². The number of benzene rings is 2. The Morgan fingerprint density at radius 3 is 2.70 bits per heavy atom. The van der Waals surface area contributed by atoms with Crippen molar-refractivity contribution < 1.29 is 17.6 Å². The van der Waals surface area contributed by atoms with Crippen LogP contribution in [0, 0.1) is 0 Å². The summed E-state index contributed by atoms with van der Waals surface area (Å²) in [7, 11) is -4.18. The predicted octanol–water partition coefficient (Wildman–Crippen LogP) is 3.01. The minimum atomic E-state index is -4.18. The largest absolute Gasteiger partial charge is 0.326 e. The van der Waals surface area contributed by atoms with E-state index in [1.54, 1.807) is 24.3 Å². The third-order valence-electron chi connectivity index (χ3n) is 3.89. The van der Waals surface area contributed by atoms with Gasteiger partial charge in [0.25, 0.3) is 0 Å². The molecule has 7 nitrogen and oxygen atoms in total. The number of aromatic nitrogens is 2. The number of rotatable bonds is 5. The average molecular weight is 411 g/mol. The normalized spacial score (nSPS) is 12.9. The second kappa shape index (κ2) is 7.26. The minimum Gasteiger partial charge on any atom is -0.326 e. The van der Waals surface area contributed by atoms with Gasteiger partial charge in [-0.25, -0.2) is 22.6 Å². The molecule has 1 aromatic heterocycles. The third-order valence-corrected chi connectivity index (χ3v) is 5.18. The zero-order valence-electron chi connectivity index (χ0n) is 14.2. The van der Waals surface area contributed by atoms with Crippen molar-refractivity contribution in [3.8, 4) is 0 Å². The lowest BCUT2D eigenvalue weighted by molar-refractivity contribution is -0.115. The Balaban J connectivity index is 1.98. The van der Waals surface area contributed by atoms with Gasteiger partial charge in [-0.1, -0.05) is 29.8 Å². The van der Waals surface area contributed by atoms with E-state index >= 15 is 0 Å². The molecule has 3 N–H and O–H groups in total. The quantitative estimate of drug-likeness (QED) is 0.674. The van der Waals surface area contributed by atoms with Gasteiger partial charge in [0, 0.05) is 16.1 Å². The zero-order valence-corrected chi connectivity index (χ0v) is 15.8. The first-order valence-electron chi connectivity index (χ1n) is 7.88. The molecule has 27 heavy (non-hydrogen) atoms. The number of anilines is 1. The Morgan fingerprint density at radius 1 is 1.37 bits per heavy atom. The highest BCUT2D eigenvalue weighted by Gasteiger charge is 2.21. The molecule has 0 bridgehead atoms. The highest BCUT2D eigenvalue weighted by Crippen LogP contribution is 2.29. The summed E-state index contributed by atoms with van der Waals surface area (Å²) in [5, 5.41) is 12.5. The van der Waals surface area contributed by atoms with E-state index in [1.807, 2.05) is 0 Å². The number of nitrogens with two attached hydrogens (primary N) is 1. The monoisotopic (exact) mass is 410 g/mol. The smallest absolute Gasteiger partial charge is 0.240 e. The maximum atomic E-state index is 13.7. The molecule has 0 saturated carbocycles. The Hall–Kier alpha value is -2.49. The van der Waals surface area contributed by atoms with Crippen LogP contribution < -0.4 is 10.5 Å². The molecular weight excluding hydrogens is 395 g/mol. The fourth-order valence-corrected chi connectivity index (χ4v) is 3.71. The van der Waals surface area contributed by atoms with Crippen LogP contribution in [0.25, 0.3) is 10.9 Å². The molecule has 0 aliphatic carbocycles. The maximum Gasteiger partial charge on any atom is 0.240 e. The summed E-state index contributed by atoms with van der Waals surface area (Å²) in [6.45, 7) is 1.22. The van der Waals surface area contributed by atoms with Gasteiger partial charge in [0.1, 0.15) is 4.90 Å². The first kappa shape index (κ1) is 19.3. The minimum absolute atomic E-state index is 0.00317. The van der Waals surface area contributed by atoms with E-state index in [2.05, 4.69) is 10.4 Å². The fraction of sp³-hybridized carbons (Fsp3) is 0.176. The summed E-state index contributed by atoms with van der Waals surface area (Å²) in [4.78, 5) is 12.0. The topological polar surface area (TPSA) is 107 Å². The molecule has 3 aromatic rings. The molecule has 10 heteroatoms. The molecule has 0 aliphatic heterocycles. The molecule has 2 aromatic carbocycles. The van der Waals surface area contributed by atoms with Crippen molar-refractivity contribution in [3.05, 3.63) is 53.2 Å². The molecule has 1 atom stereocenters. The summed E-state index contributed by atoms with van der Waals surface area (Å²) < 4.78 is 38.6. The van der Waals surface area contributed by atoms with Gasteiger partial charge in [0.2, 0.25) is 15.9 Å². The van der Waals surface area contributed by atoms with E-state index < -0.39 is 22.2 Å². The van der Waals surface area contributed by atoms with Crippen LogP contribution >= 0.6 is 11.6 Å². The van der Waals surface area contributed by atoms with Crippen LogP contribution in [0.1, 0.15) is 18.8 Å². The van der Waals surface area contributed by atoms with Crippen LogP contribution in [0.2, 0.25) is 5.02 Å². The summed E-state index contributed by atoms with van der Waals surface area (Å²) >= 11 is 6.04. The van der Waals surface area contributed by atoms with E-state index in [0.29, 0.717) is 16.0 Å². The number of nitrogens with zero attached hydrogens (tertiary/aromatic N) is 2.